The van der Waals surface area contributed by atoms with Crippen LogP contribution in [0.3, 0.4) is 0 Å². The minimum absolute atomic E-state index is 0.346. The van der Waals surface area contributed by atoms with E-state index in [-0.39, 0.29) is 5.97 Å². The van der Waals surface area contributed by atoms with Crippen LogP contribution in [0, 0.1) is 0 Å². The van der Waals surface area contributed by atoms with Crippen molar-refractivity contribution in [3.63, 3.8) is 0 Å². The average molecular weight is 364 g/mol. The standard InChI is InChI=1S/C22H24N2O3/c1-3-4-5-14-27-19-12-10-17(11-13-19)21-15-20(23-24-21)16-6-8-18(9-7-16)22(25)26-2/h6-13,15H,3-5,14H2,1-2H3,(H,23,24). The van der Waals surface area contributed by atoms with Crippen LogP contribution in [0.15, 0.2) is 54.6 Å². The fourth-order valence-corrected chi connectivity index (χ4v) is 2.79. The van der Waals surface area contributed by atoms with Crippen LogP contribution in [-0.2, 0) is 4.74 Å². The van der Waals surface area contributed by atoms with Crippen molar-refractivity contribution in [2.75, 3.05) is 13.7 Å². The highest BCUT2D eigenvalue weighted by Crippen LogP contribution is 2.25. The Hall–Kier alpha value is -3.08. The van der Waals surface area contributed by atoms with E-state index < -0.39 is 0 Å². The molecule has 5 heteroatoms. The number of nitrogens with one attached hydrogen (secondary N) is 1. The van der Waals surface area contributed by atoms with Crippen molar-refractivity contribution in [1.82, 2.24) is 10.2 Å². The number of hydrogen-bond acceptors (Lipinski definition) is 4. The minimum Gasteiger partial charge on any atom is -0.494 e. The van der Waals surface area contributed by atoms with E-state index in [4.69, 9.17) is 9.47 Å². The lowest BCUT2D eigenvalue weighted by Gasteiger charge is -2.06. The topological polar surface area (TPSA) is 64.2 Å². The zero-order chi connectivity index (χ0) is 19.1. The molecule has 0 amide bonds. The smallest absolute Gasteiger partial charge is 0.337 e. The summed E-state index contributed by atoms with van der Waals surface area (Å²) < 4.78 is 10.5. The molecular weight excluding hydrogens is 340 g/mol. The SMILES string of the molecule is CCCCCOc1ccc(-c2cc(-c3ccc(C(=O)OC)cc3)n[nH]2)cc1. The van der Waals surface area contributed by atoms with Crippen molar-refractivity contribution in [3.05, 3.63) is 60.2 Å². The third kappa shape index (κ3) is 4.76. The molecule has 3 aromatic rings. The Kier molecular flexibility index (Phi) is 6.26. The van der Waals surface area contributed by atoms with Crippen molar-refractivity contribution >= 4 is 5.97 Å². The second-order valence-corrected chi connectivity index (χ2v) is 6.32. The normalized spacial score (nSPS) is 10.6. The first-order valence-corrected chi connectivity index (χ1v) is 9.18. The summed E-state index contributed by atoms with van der Waals surface area (Å²) >= 11 is 0. The molecule has 1 N–H and O–H groups in total. The van der Waals surface area contributed by atoms with Gasteiger partial charge in [-0.05, 0) is 54.4 Å². The number of esters is 1. The van der Waals surface area contributed by atoms with E-state index in [0.717, 1.165) is 41.3 Å². The Morgan fingerprint density at radius 2 is 1.70 bits per heavy atom. The molecule has 0 bridgehead atoms. The summed E-state index contributed by atoms with van der Waals surface area (Å²) in [5.41, 5.74) is 4.24. The number of carbonyl (C=O) groups is 1. The number of unbranched alkanes of at least 4 members (excludes halogenated alkanes) is 2. The molecule has 0 saturated carbocycles. The quantitative estimate of drug-likeness (QED) is 0.446. The molecule has 5 nitrogen and oxygen atoms in total. The van der Waals surface area contributed by atoms with Crippen molar-refractivity contribution in [1.29, 1.82) is 0 Å². The number of carbonyl (C=O) groups excluding carboxylic acids is 1. The highest BCUT2D eigenvalue weighted by molar-refractivity contribution is 5.89. The number of H-pyrrole nitrogens is 1. The third-order valence-corrected chi connectivity index (χ3v) is 4.36. The van der Waals surface area contributed by atoms with Gasteiger partial charge in [-0.25, -0.2) is 4.79 Å². The number of nitrogens with zero attached hydrogens (tertiary/aromatic N) is 1. The van der Waals surface area contributed by atoms with Gasteiger partial charge in [0.25, 0.3) is 0 Å². The lowest BCUT2D eigenvalue weighted by atomic mass is 10.1. The minimum atomic E-state index is -0.346. The Labute approximate surface area is 159 Å². The number of hydrogen-bond donors (Lipinski definition) is 1. The van der Waals surface area contributed by atoms with Crippen LogP contribution in [0.5, 0.6) is 5.75 Å². The van der Waals surface area contributed by atoms with E-state index in [2.05, 4.69) is 17.1 Å². The summed E-state index contributed by atoms with van der Waals surface area (Å²) in [4.78, 5) is 11.5. The van der Waals surface area contributed by atoms with E-state index in [1.165, 1.54) is 20.0 Å². The zero-order valence-electron chi connectivity index (χ0n) is 15.7. The number of rotatable bonds is 8. The Balaban J connectivity index is 1.67. The number of aromatic amines is 1. The monoisotopic (exact) mass is 364 g/mol. The summed E-state index contributed by atoms with van der Waals surface area (Å²) in [5.74, 6) is 0.536. The van der Waals surface area contributed by atoms with Gasteiger partial charge in [0.1, 0.15) is 5.75 Å². The number of methoxy groups -OCH3 is 1. The molecule has 3 rings (SSSR count). The summed E-state index contributed by atoms with van der Waals surface area (Å²) in [5, 5.41) is 7.44. The van der Waals surface area contributed by atoms with E-state index >= 15 is 0 Å². The third-order valence-electron chi connectivity index (χ3n) is 4.36. The number of benzene rings is 2. The number of aromatic nitrogens is 2. The van der Waals surface area contributed by atoms with Gasteiger partial charge in [-0.15, -0.1) is 0 Å². The highest BCUT2D eigenvalue weighted by Gasteiger charge is 2.09. The second kappa shape index (κ2) is 9.03. The predicted octanol–water partition coefficient (Wildman–Crippen LogP) is 5.10. The summed E-state index contributed by atoms with van der Waals surface area (Å²) in [6.45, 7) is 2.93. The van der Waals surface area contributed by atoms with Crippen LogP contribution in [-0.4, -0.2) is 29.9 Å². The van der Waals surface area contributed by atoms with Crippen molar-refractivity contribution < 1.29 is 14.3 Å². The maximum Gasteiger partial charge on any atom is 0.337 e. The summed E-state index contributed by atoms with van der Waals surface area (Å²) in [6, 6.07) is 17.2. The molecule has 0 aliphatic carbocycles. The van der Waals surface area contributed by atoms with Gasteiger partial charge in [0, 0.05) is 5.56 Å². The maximum atomic E-state index is 11.5. The molecule has 0 aliphatic rings. The first-order chi connectivity index (χ1) is 13.2. The van der Waals surface area contributed by atoms with Gasteiger partial charge in [-0.1, -0.05) is 31.9 Å². The van der Waals surface area contributed by atoms with Crippen LogP contribution in [0.1, 0.15) is 36.5 Å². The van der Waals surface area contributed by atoms with Crippen LogP contribution < -0.4 is 4.74 Å². The van der Waals surface area contributed by atoms with Gasteiger partial charge in [-0.2, -0.15) is 5.10 Å². The zero-order valence-corrected chi connectivity index (χ0v) is 15.7. The second-order valence-electron chi connectivity index (χ2n) is 6.32. The molecule has 0 unspecified atom stereocenters. The van der Waals surface area contributed by atoms with Gasteiger partial charge in [0.2, 0.25) is 0 Å². The van der Waals surface area contributed by atoms with Crippen LogP contribution >= 0.6 is 0 Å². The van der Waals surface area contributed by atoms with Crippen molar-refractivity contribution in [3.8, 4) is 28.3 Å². The molecule has 0 atom stereocenters. The lowest BCUT2D eigenvalue weighted by Crippen LogP contribution is -2.00. The molecule has 140 valence electrons. The van der Waals surface area contributed by atoms with E-state index in [9.17, 15) is 4.79 Å². The van der Waals surface area contributed by atoms with Gasteiger partial charge in [-0.3, -0.25) is 5.10 Å². The highest BCUT2D eigenvalue weighted by atomic mass is 16.5. The average Bonchev–Trinajstić information content (AvgIpc) is 3.21. The van der Waals surface area contributed by atoms with Crippen molar-refractivity contribution in [2.24, 2.45) is 0 Å². The van der Waals surface area contributed by atoms with Gasteiger partial charge < -0.3 is 9.47 Å². The Morgan fingerprint density at radius 3 is 2.37 bits per heavy atom. The Bertz CT molecular complexity index is 867. The lowest BCUT2D eigenvalue weighted by molar-refractivity contribution is 0.0601. The molecule has 0 radical (unpaired) electrons. The maximum absolute atomic E-state index is 11.5. The largest absolute Gasteiger partial charge is 0.494 e. The predicted molar refractivity (Wildman–Crippen MR) is 106 cm³/mol. The van der Waals surface area contributed by atoms with Crippen LogP contribution in [0.2, 0.25) is 0 Å². The first kappa shape index (κ1) is 18.7. The molecule has 0 saturated heterocycles. The van der Waals surface area contributed by atoms with Crippen LogP contribution in [0.25, 0.3) is 22.5 Å². The molecule has 0 spiro atoms. The molecule has 27 heavy (non-hydrogen) atoms. The fraction of sp³-hybridized carbons (Fsp3) is 0.273. The summed E-state index contributed by atoms with van der Waals surface area (Å²) in [7, 11) is 1.37. The molecule has 1 heterocycles. The van der Waals surface area contributed by atoms with Crippen LogP contribution in [0.4, 0.5) is 0 Å². The molecule has 2 aromatic carbocycles. The van der Waals surface area contributed by atoms with Gasteiger partial charge in [0.15, 0.2) is 0 Å². The molecule has 0 aliphatic heterocycles. The summed E-state index contributed by atoms with van der Waals surface area (Å²) in [6.07, 6.45) is 3.46. The first-order valence-electron chi connectivity index (χ1n) is 9.18. The van der Waals surface area contributed by atoms with E-state index in [1.807, 2.05) is 42.5 Å². The molecule has 0 fully saturated rings. The van der Waals surface area contributed by atoms with Crippen molar-refractivity contribution in [2.45, 2.75) is 26.2 Å². The van der Waals surface area contributed by atoms with E-state index in [1.54, 1.807) is 12.1 Å². The van der Waals surface area contributed by atoms with Gasteiger partial charge >= 0.3 is 5.97 Å². The molecular formula is C22H24N2O3. The fourth-order valence-electron chi connectivity index (χ4n) is 2.79. The Morgan fingerprint density at radius 1 is 1.00 bits per heavy atom. The van der Waals surface area contributed by atoms with E-state index in [0.29, 0.717) is 5.56 Å². The van der Waals surface area contributed by atoms with Gasteiger partial charge in [0.05, 0.1) is 30.7 Å². The molecule has 1 aromatic heterocycles. The number of ether oxygens (including phenoxy) is 2.